The second-order valence-electron chi connectivity index (χ2n) is 9.32. The molecule has 0 saturated carbocycles. The number of nitrogens with zero attached hydrogens (tertiary/aromatic N) is 2. The highest BCUT2D eigenvalue weighted by Gasteiger charge is 2.33. The number of fused-ring (bicyclic) bond motifs is 4. The first-order chi connectivity index (χ1) is 17.2. The molecule has 176 valence electrons. The largest absolute Gasteiger partial charge is 0.322 e. The van der Waals surface area contributed by atoms with Gasteiger partial charge in [0, 0.05) is 22.5 Å². The maximum absolute atomic E-state index is 14.1. The van der Waals surface area contributed by atoms with Gasteiger partial charge < -0.3 is 14.8 Å². The molecule has 2 heterocycles. The fraction of sp³-hybridized carbons (Fsp3) is 0.233. The van der Waals surface area contributed by atoms with Crippen LogP contribution in [0.2, 0.25) is 0 Å². The summed E-state index contributed by atoms with van der Waals surface area (Å²) in [6.07, 6.45) is 8.70. The van der Waals surface area contributed by atoms with E-state index in [9.17, 15) is 4.79 Å². The van der Waals surface area contributed by atoms with Crippen molar-refractivity contribution < 1.29 is 4.79 Å². The summed E-state index contributed by atoms with van der Waals surface area (Å²) < 4.78 is 2.24. The molecule has 5 heteroatoms. The summed E-state index contributed by atoms with van der Waals surface area (Å²) in [5, 5.41) is 3.32. The average molecular weight is 480 g/mol. The van der Waals surface area contributed by atoms with Gasteiger partial charge in [-0.15, -0.1) is 11.8 Å². The summed E-state index contributed by atoms with van der Waals surface area (Å²) in [6, 6.07) is 27.3. The first-order valence-corrected chi connectivity index (χ1v) is 13.5. The van der Waals surface area contributed by atoms with E-state index in [1.54, 1.807) is 11.8 Å². The Labute approximate surface area is 211 Å². The van der Waals surface area contributed by atoms with Crippen molar-refractivity contribution in [2.45, 2.75) is 43.2 Å². The van der Waals surface area contributed by atoms with Crippen molar-refractivity contribution in [2.75, 3.05) is 11.6 Å². The number of benzene rings is 3. The van der Waals surface area contributed by atoms with Gasteiger partial charge in [-0.2, -0.15) is 0 Å². The van der Waals surface area contributed by atoms with Gasteiger partial charge in [0.25, 0.3) is 0 Å². The first kappa shape index (κ1) is 22.1. The van der Waals surface area contributed by atoms with Gasteiger partial charge in [0.05, 0.1) is 18.3 Å². The summed E-state index contributed by atoms with van der Waals surface area (Å²) in [6.45, 7) is 0.535. The number of hydrogen-bond donors (Lipinski definition) is 1. The van der Waals surface area contributed by atoms with E-state index >= 15 is 0 Å². The van der Waals surface area contributed by atoms with Gasteiger partial charge in [-0.05, 0) is 90.6 Å². The van der Waals surface area contributed by atoms with Crippen LogP contribution < -0.4 is 5.32 Å². The third kappa shape index (κ3) is 4.04. The van der Waals surface area contributed by atoms with E-state index in [0.717, 1.165) is 41.0 Å². The third-order valence-corrected chi connectivity index (χ3v) is 8.04. The van der Waals surface area contributed by atoms with Crippen LogP contribution in [0.1, 0.15) is 46.8 Å². The van der Waals surface area contributed by atoms with Crippen molar-refractivity contribution in [1.82, 2.24) is 9.47 Å². The Morgan fingerprint density at radius 3 is 2.54 bits per heavy atom. The summed E-state index contributed by atoms with van der Waals surface area (Å²) in [5.41, 5.74) is 8.10. The van der Waals surface area contributed by atoms with Crippen molar-refractivity contribution in [3.8, 4) is 5.69 Å². The Bertz CT molecular complexity index is 1370. The highest BCUT2D eigenvalue weighted by Crippen LogP contribution is 2.38. The average Bonchev–Trinajstić information content (AvgIpc) is 3.33. The van der Waals surface area contributed by atoms with Crippen LogP contribution in [0.15, 0.2) is 90.0 Å². The van der Waals surface area contributed by atoms with Gasteiger partial charge in [0.1, 0.15) is 0 Å². The van der Waals surface area contributed by atoms with E-state index in [0.29, 0.717) is 6.54 Å². The molecule has 2 amide bonds. The fourth-order valence-corrected chi connectivity index (χ4v) is 5.97. The lowest BCUT2D eigenvalue weighted by Gasteiger charge is -2.31. The van der Waals surface area contributed by atoms with Gasteiger partial charge in [-0.25, -0.2) is 4.79 Å². The molecule has 35 heavy (non-hydrogen) atoms. The number of nitrogens with one attached hydrogen (secondary N) is 1. The molecule has 0 saturated heterocycles. The molecule has 0 bridgehead atoms. The van der Waals surface area contributed by atoms with Gasteiger partial charge in [-0.1, -0.05) is 42.5 Å². The lowest BCUT2D eigenvalue weighted by atomic mass is 9.90. The number of amides is 2. The van der Waals surface area contributed by atoms with Crippen molar-refractivity contribution in [3.63, 3.8) is 0 Å². The fourth-order valence-electron chi connectivity index (χ4n) is 5.56. The van der Waals surface area contributed by atoms with Crippen LogP contribution in [0, 0.1) is 0 Å². The Kier molecular flexibility index (Phi) is 5.86. The number of carbonyl (C=O) groups excluding carboxylic acids is 1. The van der Waals surface area contributed by atoms with E-state index in [1.165, 1.54) is 28.9 Å². The summed E-state index contributed by atoms with van der Waals surface area (Å²) in [4.78, 5) is 17.3. The molecule has 4 nitrogen and oxygen atoms in total. The maximum Gasteiger partial charge on any atom is 0.322 e. The van der Waals surface area contributed by atoms with Gasteiger partial charge in [0.2, 0.25) is 0 Å². The minimum atomic E-state index is -0.201. The number of urea groups is 1. The van der Waals surface area contributed by atoms with Crippen LogP contribution in [0.25, 0.3) is 5.69 Å². The lowest BCUT2D eigenvalue weighted by Crippen LogP contribution is -2.38. The zero-order valence-corrected chi connectivity index (χ0v) is 20.7. The van der Waals surface area contributed by atoms with Crippen molar-refractivity contribution >= 4 is 23.5 Å². The lowest BCUT2D eigenvalue weighted by molar-refractivity contribution is 0.194. The number of aryl methyl sites for hydroxylation is 1. The predicted octanol–water partition coefficient (Wildman–Crippen LogP) is 7.22. The number of thioether (sulfide) groups is 1. The van der Waals surface area contributed by atoms with E-state index in [2.05, 4.69) is 101 Å². The Morgan fingerprint density at radius 1 is 0.886 bits per heavy atom. The number of carbonyl (C=O) groups is 1. The molecular weight excluding hydrogens is 450 g/mol. The Hall–Kier alpha value is -3.44. The van der Waals surface area contributed by atoms with Crippen LogP contribution in [0.4, 0.5) is 10.5 Å². The number of para-hydroxylation sites is 1. The van der Waals surface area contributed by atoms with Crippen LogP contribution in [-0.4, -0.2) is 21.8 Å². The number of hydrogen-bond acceptors (Lipinski definition) is 2. The van der Waals surface area contributed by atoms with Crippen LogP contribution in [0.5, 0.6) is 0 Å². The molecule has 2 aliphatic rings. The van der Waals surface area contributed by atoms with Crippen LogP contribution >= 0.6 is 11.8 Å². The van der Waals surface area contributed by atoms with Crippen LogP contribution in [0.3, 0.4) is 0 Å². The topological polar surface area (TPSA) is 37.3 Å². The quantitative estimate of drug-likeness (QED) is 0.315. The molecule has 0 unspecified atom stereocenters. The molecule has 6 rings (SSSR count). The summed E-state index contributed by atoms with van der Waals surface area (Å²) >= 11 is 1.73. The highest BCUT2D eigenvalue weighted by molar-refractivity contribution is 7.98. The normalized spacial score (nSPS) is 16.6. The van der Waals surface area contributed by atoms with E-state index < -0.39 is 0 Å². The van der Waals surface area contributed by atoms with E-state index in [4.69, 9.17) is 0 Å². The SMILES string of the molecule is CSc1ccc([C@@H]2c3cccn3-c3ccccc3CN2C(=O)Nc2cccc3c2CCCC3)cc1. The molecule has 1 atom stereocenters. The van der Waals surface area contributed by atoms with Crippen molar-refractivity contribution in [2.24, 2.45) is 0 Å². The van der Waals surface area contributed by atoms with Gasteiger partial charge in [0.15, 0.2) is 0 Å². The van der Waals surface area contributed by atoms with Crippen molar-refractivity contribution in [3.05, 3.63) is 113 Å². The zero-order valence-electron chi connectivity index (χ0n) is 19.9. The molecule has 0 spiro atoms. The summed E-state index contributed by atoms with van der Waals surface area (Å²) in [7, 11) is 0. The molecule has 0 radical (unpaired) electrons. The molecule has 1 N–H and O–H groups in total. The second-order valence-corrected chi connectivity index (χ2v) is 10.2. The van der Waals surface area contributed by atoms with E-state index in [-0.39, 0.29) is 12.1 Å². The second kappa shape index (κ2) is 9.31. The molecule has 1 aliphatic heterocycles. The summed E-state index contributed by atoms with van der Waals surface area (Å²) in [5.74, 6) is 0. The molecule has 4 aromatic rings. The first-order valence-electron chi connectivity index (χ1n) is 12.3. The Balaban J connectivity index is 1.44. The Morgan fingerprint density at radius 2 is 1.69 bits per heavy atom. The third-order valence-electron chi connectivity index (χ3n) is 7.29. The molecule has 3 aromatic carbocycles. The minimum Gasteiger partial charge on any atom is -0.318 e. The zero-order chi connectivity index (χ0) is 23.8. The standard InChI is InChI=1S/C30H29N3OS/c1-35-24-17-15-22(16-18-24)29-28-14-7-19-32(28)27-13-5-3-9-23(27)20-33(29)30(34)31-26-12-6-10-21-8-2-4-11-25(21)26/h3,5-7,9-10,12-19,29H,2,4,8,11,20H2,1H3,(H,31,34)/t29-/m1/s1. The van der Waals surface area contributed by atoms with E-state index in [1.807, 2.05) is 4.90 Å². The smallest absolute Gasteiger partial charge is 0.318 e. The predicted molar refractivity (Wildman–Crippen MR) is 143 cm³/mol. The van der Waals surface area contributed by atoms with Gasteiger partial charge in [-0.3, -0.25) is 0 Å². The number of anilines is 1. The maximum atomic E-state index is 14.1. The van der Waals surface area contributed by atoms with Gasteiger partial charge >= 0.3 is 6.03 Å². The molecule has 0 fully saturated rings. The van der Waals surface area contributed by atoms with Crippen molar-refractivity contribution in [1.29, 1.82) is 0 Å². The molecule has 1 aliphatic carbocycles. The highest BCUT2D eigenvalue weighted by atomic mass is 32.2. The monoisotopic (exact) mass is 479 g/mol. The minimum absolute atomic E-state index is 0.0626. The number of rotatable bonds is 3. The molecule has 1 aromatic heterocycles. The molecular formula is C30H29N3OS. The van der Waals surface area contributed by atoms with Crippen LogP contribution in [-0.2, 0) is 19.4 Å². The number of aromatic nitrogens is 1.